The van der Waals surface area contributed by atoms with Crippen molar-refractivity contribution in [1.29, 1.82) is 0 Å². The quantitative estimate of drug-likeness (QED) is 0.868. The molecule has 0 fully saturated rings. The van der Waals surface area contributed by atoms with E-state index in [1.165, 1.54) is 11.5 Å². The molecular formula is C13H19N3OS. The molecule has 98 valence electrons. The van der Waals surface area contributed by atoms with Crippen molar-refractivity contribution >= 4 is 27.4 Å². The molecule has 5 heteroatoms. The standard InChI is InChI=1S/C13H19N3OS/c1-13(17,9-16(2)3)8-14-12-10-6-4-5-7-11(10)15-18-12/h4-7,14,17H,8-9H2,1-3H3. The maximum atomic E-state index is 10.2. The molecule has 0 bridgehead atoms. The lowest BCUT2D eigenvalue weighted by atomic mass is 10.1. The van der Waals surface area contributed by atoms with Crippen LogP contribution in [0.5, 0.6) is 0 Å². The number of hydrogen-bond donors (Lipinski definition) is 2. The predicted molar refractivity (Wildman–Crippen MR) is 77.3 cm³/mol. The molecular weight excluding hydrogens is 246 g/mol. The fourth-order valence-corrected chi connectivity index (χ4v) is 2.78. The molecule has 0 amide bonds. The Morgan fingerprint density at radius 1 is 1.39 bits per heavy atom. The van der Waals surface area contributed by atoms with Gasteiger partial charge in [0.25, 0.3) is 0 Å². The largest absolute Gasteiger partial charge is 0.387 e. The first-order valence-electron chi connectivity index (χ1n) is 5.93. The minimum Gasteiger partial charge on any atom is -0.387 e. The van der Waals surface area contributed by atoms with Gasteiger partial charge in [0.1, 0.15) is 5.00 Å². The molecule has 2 rings (SSSR count). The van der Waals surface area contributed by atoms with Gasteiger partial charge in [0.15, 0.2) is 0 Å². The summed E-state index contributed by atoms with van der Waals surface area (Å²) in [5.41, 5.74) is 0.242. The summed E-state index contributed by atoms with van der Waals surface area (Å²) in [7, 11) is 3.91. The fraction of sp³-hybridized carbons (Fsp3) is 0.462. The molecule has 1 aromatic carbocycles. The van der Waals surface area contributed by atoms with Gasteiger partial charge < -0.3 is 15.3 Å². The summed E-state index contributed by atoms with van der Waals surface area (Å²) in [6.07, 6.45) is 0. The maximum Gasteiger partial charge on any atom is 0.117 e. The number of benzene rings is 1. The SMILES string of the molecule is CN(C)CC(C)(O)CNc1snc2ccccc12. The molecule has 0 aliphatic carbocycles. The van der Waals surface area contributed by atoms with Crippen molar-refractivity contribution in [2.24, 2.45) is 0 Å². The van der Waals surface area contributed by atoms with Crippen LogP contribution in [0.25, 0.3) is 10.9 Å². The first-order valence-corrected chi connectivity index (χ1v) is 6.71. The zero-order chi connectivity index (χ0) is 13.2. The van der Waals surface area contributed by atoms with Crippen LogP contribution in [0.3, 0.4) is 0 Å². The van der Waals surface area contributed by atoms with Gasteiger partial charge >= 0.3 is 0 Å². The summed E-state index contributed by atoms with van der Waals surface area (Å²) in [6.45, 7) is 2.97. The Bertz CT molecular complexity index is 522. The van der Waals surface area contributed by atoms with E-state index in [0.29, 0.717) is 13.1 Å². The highest BCUT2D eigenvalue weighted by molar-refractivity contribution is 7.11. The molecule has 2 aromatic rings. The molecule has 4 nitrogen and oxygen atoms in total. The number of hydrogen-bond acceptors (Lipinski definition) is 5. The molecule has 0 saturated heterocycles. The zero-order valence-electron chi connectivity index (χ0n) is 11.0. The molecule has 0 radical (unpaired) electrons. The van der Waals surface area contributed by atoms with Gasteiger partial charge in [0.2, 0.25) is 0 Å². The molecule has 0 saturated carbocycles. The lowest BCUT2D eigenvalue weighted by Gasteiger charge is -2.27. The van der Waals surface area contributed by atoms with Gasteiger partial charge in [-0.05, 0) is 44.7 Å². The second-order valence-electron chi connectivity index (χ2n) is 5.12. The highest BCUT2D eigenvalue weighted by Gasteiger charge is 2.21. The Kier molecular flexibility index (Phi) is 3.85. The molecule has 0 aliphatic rings. The summed E-state index contributed by atoms with van der Waals surface area (Å²) < 4.78 is 4.37. The number of aromatic nitrogens is 1. The van der Waals surface area contributed by atoms with Gasteiger partial charge in [-0.15, -0.1) is 0 Å². The number of rotatable bonds is 5. The third-order valence-electron chi connectivity index (χ3n) is 2.67. The third-order valence-corrected chi connectivity index (χ3v) is 3.51. The van der Waals surface area contributed by atoms with Gasteiger partial charge in [-0.25, -0.2) is 0 Å². The molecule has 1 heterocycles. The Balaban J connectivity index is 2.06. The first kappa shape index (κ1) is 13.3. The molecule has 2 N–H and O–H groups in total. The lowest BCUT2D eigenvalue weighted by Crippen LogP contribution is -2.42. The van der Waals surface area contributed by atoms with Crippen LogP contribution in [0, 0.1) is 0 Å². The van der Waals surface area contributed by atoms with E-state index in [4.69, 9.17) is 0 Å². The number of nitrogens with zero attached hydrogens (tertiary/aromatic N) is 2. The Labute approximate surface area is 111 Å². The van der Waals surface area contributed by atoms with Gasteiger partial charge in [-0.3, -0.25) is 0 Å². The molecule has 1 unspecified atom stereocenters. The lowest BCUT2D eigenvalue weighted by molar-refractivity contribution is 0.0461. The third kappa shape index (κ3) is 3.19. The fourth-order valence-electron chi connectivity index (χ4n) is 2.02. The second kappa shape index (κ2) is 5.22. The van der Waals surface area contributed by atoms with Crippen LogP contribution in [-0.4, -0.2) is 47.2 Å². The molecule has 1 atom stereocenters. The van der Waals surface area contributed by atoms with E-state index >= 15 is 0 Å². The highest BCUT2D eigenvalue weighted by atomic mass is 32.1. The summed E-state index contributed by atoms with van der Waals surface area (Å²) in [6, 6.07) is 8.02. The van der Waals surface area contributed by atoms with Crippen LogP contribution in [0.1, 0.15) is 6.92 Å². The van der Waals surface area contributed by atoms with Crippen LogP contribution in [0.2, 0.25) is 0 Å². The topological polar surface area (TPSA) is 48.4 Å². The van der Waals surface area contributed by atoms with Crippen LogP contribution in [-0.2, 0) is 0 Å². The van der Waals surface area contributed by atoms with Crippen molar-refractivity contribution in [2.75, 3.05) is 32.5 Å². The minimum atomic E-state index is -0.755. The maximum absolute atomic E-state index is 10.2. The summed E-state index contributed by atoms with van der Waals surface area (Å²) in [5.74, 6) is 0. The summed E-state index contributed by atoms with van der Waals surface area (Å²) in [5, 5.41) is 15.7. The number of anilines is 1. The zero-order valence-corrected chi connectivity index (χ0v) is 11.8. The summed E-state index contributed by atoms with van der Waals surface area (Å²) >= 11 is 1.44. The Hall–Kier alpha value is -1.17. The van der Waals surface area contributed by atoms with E-state index in [1.807, 2.05) is 50.2 Å². The second-order valence-corrected chi connectivity index (χ2v) is 5.89. The average Bonchev–Trinajstić information content (AvgIpc) is 2.68. The van der Waals surface area contributed by atoms with Crippen molar-refractivity contribution in [2.45, 2.75) is 12.5 Å². The van der Waals surface area contributed by atoms with Crippen molar-refractivity contribution in [3.63, 3.8) is 0 Å². The van der Waals surface area contributed by atoms with Crippen molar-refractivity contribution < 1.29 is 5.11 Å². The molecule has 18 heavy (non-hydrogen) atoms. The first-order chi connectivity index (χ1) is 8.48. The van der Waals surface area contributed by atoms with Crippen molar-refractivity contribution in [3.8, 4) is 0 Å². The molecule has 1 aromatic heterocycles. The molecule has 0 aliphatic heterocycles. The van der Waals surface area contributed by atoms with E-state index in [-0.39, 0.29) is 0 Å². The van der Waals surface area contributed by atoms with Gasteiger partial charge in [-0.2, -0.15) is 4.37 Å². The number of likely N-dealkylation sites (N-methyl/N-ethyl adjacent to an activating group) is 1. The normalized spacial score (nSPS) is 14.9. The number of aliphatic hydroxyl groups is 1. The number of fused-ring (bicyclic) bond motifs is 1. The monoisotopic (exact) mass is 265 g/mol. The van der Waals surface area contributed by atoms with E-state index in [9.17, 15) is 5.11 Å². The Morgan fingerprint density at radius 2 is 2.11 bits per heavy atom. The smallest absolute Gasteiger partial charge is 0.117 e. The van der Waals surface area contributed by atoms with Crippen LogP contribution >= 0.6 is 11.5 Å². The van der Waals surface area contributed by atoms with Gasteiger partial charge in [0, 0.05) is 18.5 Å². The Morgan fingerprint density at radius 3 is 2.83 bits per heavy atom. The van der Waals surface area contributed by atoms with Gasteiger partial charge in [-0.1, -0.05) is 12.1 Å². The van der Waals surface area contributed by atoms with Crippen LogP contribution in [0.15, 0.2) is 24.3 Å². The minimum absolute atomic E-state index is 0.511. The van der Waals surface area contributed by atoms with Gasteiger partial charge in [0.05, 0.1) is 11.1 Å². The highest BCUT2D eigenvalue weighted by Crippen LogP contribution is 2.27. The van der Waals surface area contributed by atoms with Crippen LogP contribution in [0.4, 0.5) is 5.00 Å². The van der Waals surface area contributed by atoms with Crippen molar-refractivity contribution in [1.82, 2.24) is 9.27 Å². The summed E-state index contributed by atoms with van der Waals surface area (Å²) in [4.78, 5) is 1.98. The van der Waals surface area contributed by atoms with E-state index in [0.717, 1.165) is 15.9 Å². The predicted octanol–water partition coefficient (Wildman–Crippen LogP) is 2.02. The number of nitrogens with one attached hydrogen (secondary N) is 1. The van der Waals surface area contributed by atoms with E-state index in [1.54, 1.807) is 0 Å². The molecule has 0 spiro atoms. The van der Waals surface area contributed by atoms with Crippen LogP contribution < -0.4 is 5.32 Å². The van der Waals surface area contributed by atoms with Crippen molar-refractivity contribution in [3.05, 3.63) is 24.3 Å². The van der Waals surface area contributed by atoms with E-state index in [2.05, 4.69) is 9.69 Å². The average molecular weight is 265 g/mol. The van der Waals surface area contributed by atoms with E-state index < -0.39 is 5.60 Å².